The minimum atomic E-state index is -0.914. The van der Waals surface area contributed by atoms with Crippen LogP contribution in [-0.4, -0.2) is 70.5 Å². The van der Waals surface area contributed by atoms with Gasteiger partial charge in [0.1, 0.15) is 0 Å². The van der Waals surface area contributed by atoms with Gasteiger partial charge in [0.25, 0.3) is 0 Å². The number of carbonyl (C=O) groups is 6. The number of hydrogen-bond acceptors (Lipinski definition) is 12. The van der Waals surface area contributed by atoms with Gasteiger partial charge in [-0.1, -0.05) is 502 Å². The molecule has 0 aliphatic heterocycles. The van der Waals surface area contributed by atoms with Gasteiger partial charge in [0.15, 0.2) is 0 Å². The summed E-state index contributed by atoms with van der Waals surface area (Å²) in [6.45, 7) is 13.6. The van der Waals surface area contributed by atoms with Crippen molar-refractivity contribution in [3.05, 3.63) is 36.5 Å². The molecule has 0 heterocycles. The third kappa shape index (κ3) is 161. The van der Waals surface area contributed by atoms with Gasteiger partial charge in [0, 0.05) is 35.8 Å². The monoisotopic (exact) mass is 1750 g/mol. The molecule has 0 aromatic carbocycles. The number of carboxylic acid groups (broad SMARTS) is 6. The van der Waals surface area contributed by atoms with Gasteiger partial charge in [-0.2, -0.15) is 0 Å². The maximum absolute atomic E-state index is 10.2. The van der Waals surface area contributed by atoms with Crippen molar-refractivity contribution in [3.63, 3.8) is 0 Å². The summed E-state index contributed by atoms with van der Waals surface area (Å²) in [5.41, 5.74) is 0. The molecule has 714 valence electrons. The van der Waals surface area contributed by atoms with Crippen molar-refractivity contribution in [2.24, 2.45) is 0 Å². The molecule has 0 aromatic heterocycles. The number of allylic oxidation sites excluding steroid dienone is 6. The Morgan fingerprint density at radius 3 is 0.287 bits per heavy atom. The molecule has 0 aliphatic carbocycles. The number of aliphatic carboxylic acids is 6. The maximum atomic E-state index is 10.2. The summed E-state index contributed by atoms with van der Waals surface area (Å²) < 4.78 is 0. The van der Waals surface area contributed by atoms with Crippen molar-refractivity contribution in [2.75, 3.05) is 0 Å². The number of carbonyl (C=O) groups excluding carboxylic acids is 6. The molecule has 12 nitrogen and oxygen atoms in total. The fourth-order valence-electron chi connectivity index (χ4n) is 14.9. The Labute approximate surface area is 780 Å². The summed E-state index contributed by atoms with van der Waals surface area (Å²) in [6.07, 6.45) is 122. The van der Waals surface area contributed by atoms with Gasteiger partial charge < -0.3 is 59.4 Å². The Balaban J connectivity index is -0.000000212. The first-order chi connectivity index (χ1) is 58.6. The second-order valence-corrected chi connectivity index (χ2v) is 35.3. The molecule has 0 aromatic rings. The minimum absolute atomic E-state index is 0. The van der Waals surface area contributed by atoms with Crippen molar-refractivity contribution >= 4 is 70.5 Å². The predicted molar refractivity (Wildman–Crippen MR) is 519 cm³/mol. The molecule has 0 saturated heterocycles. The first-order valence-corrected chi connectivity index (χ1v) is 52.8. The summed E-state index contributed by atoms with van der Waals surface area (Å²) in [4.78, 5) is 61.3. The van der Waals surface area contributed by atoms with Crippen LogP contribution < -0.4 is 30.6 Å². The van der Waals surface area contributed by atoms with E-state index >= 15 is 0 Å². The zero-order chi connectivity index (χ0) is 89.3. The van der Waals surface area contributed by atoms with Gasteiger partial charge in [0.05, 0.1) is 0 Å². The second-order valence-electron chi connectivity index (χ2n) is 35.3. The molecule has 0 radical (unpaired) electrons. The topological polar surface area (TPSA) is 241 Å². The molecule has 0 unspecified atom stereocenters. The molecular weight excluding hydrogens is 1540 g/mol. The van der Waals surface area contributed by atoms with Crippen LogP contribution in [0.3, 0.4) is 0 Å². The Morgan fingerprint density at radius 2 is 0.205 bits per heavy atom. The van der Waals surface area contributed by atoms with Gasteiger partial charge in [-0.25, -0.2) is 0 Å². The smallest absolute Gasteiger partial charge is 0.550 e. The zero-order valence-corrected chi connectivity index (χ0v) is 84.5. The van der Waals surface area contributed by atoms with E-state index in [9.17, 15) is 59.4 Å². The molecule has 0 saturated carbocycles. The number of rotatable bonds is 93. The molecular formula is C108H204Al2O12. The van der Waals surface area contributed by atoms with Crippen LogP contribution in [0.1, 0.15) is 619 Å². The van der Waals surface area contributed by atoms with Gasteiger partial charge >= 0.3 is 34.7 Å². The summed E-state index contributed by atoms with van der Waals surface area (Å²) in [5, 5.41) is 61.3. The average Bonchev–Trinajstić information content (AvgIpc) is 1.20. The van der Waals surface area contributed by atoms with Crippen LogP contribution in [0.15, 0.2) is 36.5 Å². The Bertz CT molecular complexity index is 1820. The predicted octanol–water partition coefficient (Wildman–Crippen LogP) is 28.6. The fraction of sp³-hybridized carbons (Fsp3) is 0.889. The molecule has 122 heavy (non-hydrogen) atoms. The Hall–Kier alpha value is -2.90. The molecule has 0 spiro atoms. The van der Waals surface area contributed by atoms with Gasteiger partial charge in [0.2, 0.25) is 0 Å². The van der Waals surface area contributed by atoms with Crippen LogP contribution in [0.5, 0.6) is 0 Å². The van der Waals surface area contributed by atoms with E-state index in [4.69, 9.17) is 0 Å². The summed E-state index contributed by atoms with van der Waals surface area (Å²) in [7, 11) is 0. The van der Waals surface area contributed by atoms with Crippen LogP contribution in [0.25, 0.3) is 0 Å². The number of hydrogen-bond donors (Lipinski definition) is 0. The number of unbranched alkanes of at least 4 members (excludes halogenated alkanes) is 75. The maximum Gasteiger partial charge on any atom is 3.00 e. The zero-order valence-electron chi connectivity index (χ0n) is 82.2. The van der Waals surface area contributed by atoms with Crippen LogP contribution in [0.4, 0.5) is 0 Å². The van der Waals surface area contributed by atoms with E-state index in [1.54, 1.807) is 0 Å². The third-order valence-electron chi connectivity index (χ3n) is 22.9. The van der Waals surface area contributed by atoms with Gasteiger partial charge in [-0.15, -0.1) is 0 Å². The molecule has 0 N–H and O–H groups in total. The van der Waals surface area contributed by atoms with E-state index < -0.39 is 35.8 Å². The summed E-state index contributed by atoms with van der Waals surface area (Å²) >= 11 is 0. The van der Waals surface area contributed by atoms with E-state index in [1.165, 1.54) is 443 Å². The van der Waals surface area contributed by atoms with Gasteiger partial charge in [-0.3, -0.25) is 0 Å². The second kappa shape index (κ2) is 131. The van der Waals surface area contributed by atoms with Crippen molar-refractivity contribution in [1.29, 1.82) is 0 Å². The first-order valence-electron chi connectivity index (χ1n) is 52.8. The van der Waals surface area contributed by atoms with E-state index in [0.29, 0.717) is 0 Å². The molecule has 0 rings (SSSR count). The van der Waals surface area contributed by atoms with Crippen LogP contribution in [-0.2, 0) is 28.8 Å². The first kappa shape index (κ1) is 135. The average molecular weight is 1750 g/mol. The van der Waals surface area contributed by atoms with Crippen molar-refractivity contribution in [2.45, 2.75) is 619 Å². The normalized spacial score (nSPS) is 10.9. The van der Waals surface area contributed by atoms with E-state index in [-0.39, 0.29) is 73.2 Å². The van der Waals surface area contributed by atoms with Crippen LogP contribution in [0, 0.1) is 0 Å². The van der Waals surface area contributed by atoms with Crippen LogP contribution >= 0.6 is 0 Å². The molecule has 0 fully saturated rings. The molecule has 0 amide bonds. The van der Waals surface area contributed by atoms with Crippen molar-refractivity contribution in [1.82, 2.24) is 0 Å². The van der Waals surface area contributed by atoms with Crippen molar-refractivity contribution < 1.29 is 59.4 Å². The van der Waals surface area contributed by atoms with Crippen LogP contribution in [0.2, 0.25) is 0 Å². The Kier molecular flexibility index (Phi) is 145. The molecule has 0 bridgehead atoms. The summed E-state index contributed by atoms with van der Waals surface area (Å²) in [5.74, 6) is -5.45. The van der Waals surface area contributed by atoms with Crippen molar-refractivity contribution in [3.8, 4) is 0 Å². The number of carboxylic acids is 6. The molecule has 0 atom stereocenters. The largest absolute Gasteiger partial charge is 3.00 e. The minimum Gasteiger partial charge on any atom is -0.550 e. The molecule has 14 heteroatoms. The SMILES string of the molecule is CCCCCCCC/C=C\CCCCCCCC(=O)[O-].CCCCCCCC/C=C\CCCCCCCC(=O)[O-].CCCCCCCC/C=C\CCCCCCCC(=O)[O-].CCCCCCCCCCCCCCCCCC(=O)[O-].CCCCCCCCCCCCCCCCCC(=O)[O-].CCCCCCCCCCCCCCCCCC(=O)[O-].[Al+3].[Al+3]. The standard InChI is InChI=1S/3C18H36O2.3C18H34O2.2Al/c6*1-2-3-4-5-6-7-8-9-10-11-12-13-14-15-16-17-18(19)20;;/h3*2-17H2,1H3,(H,19,20);3*9-10H,2-8,11-17H2,1H3,(H,19,20);;/q;;;;;;2*+3/p-6/b;;;3*10-9-;;. The fourth-order valence-corrected chi connectivity index (χ4v) is 14.9. The quantitative estimate of drug-likeness (QED) is 0.0314. The molecule has 0 aliphatic rings. The van der Waals surface area contributed by atoms with E-state index in [2.05, 4.69) is 78.0 Å². The Morgan fingerprint density at radius 1 is 0.131 bits per heavy atom. The van der Waals surface area contributed by atoms with E-state index in [0.717, 1.165) is 96.3 Å². The van der Waals surface area contributed by atoms with E-state index in [1.807, 2.05) is 0 Å². The van der Waals surface area contributed by atoms with Gasteiger partial charge in [-0.05, 0) is 154 Å². The summed E-state index contributed by atoms with van der Waals surface area (Å²) in [6, 6.07) is 0. The third-order valence-corrected chi connectivity index (χ3v) is 22.9.